The molecule has 0 unspecified atom stereocenters. The summed E-state index contributed by atoms with van der Waals surface area (Å²) < 4.78 is 0. The van der Waals surface area contributed by atoms with Crippen LogP contribution in [-0.2, 0) is 6.42 Å². The van der Waals surface area contributed by atoms with Crippen molar-refractivity contribution in [3.05, 3.63) is 36.3 Å². The Morgan fingerprint density at radius 2 is 1.53 bits per heavy atom. The van der Waals surface area contributed by atoms with Gasteiger partial charge in [-0.25, -0.2) is 9.97 Å². The minimum absolute atomic E-state index is 0.961. The molecule has 94 valence electrons. The summed E-state index contributed by atoms with van der Waals surface area (Å²) in [7, 11) is 0. The van der Waals surface area contributed by atoms with E-state index < -0.39 is 0 Å². The number of nitrogens with zero attached hydrogens (tertiary/aromatic N) is 2. The van der Waals surface area contributed by atoms with E-state index in [9.17, 15) is 0 Å². The Morgan fingerprint density at radius 1 is 0.941 bits per heavy atom. The van der Waals surface area contributed by atoms with Crippen LogP contribution in [0.3, 0.4) is 0 Å². The Balaban J connectivity index is 0.000000450. The summed E-state index contributed by atoms with van der Waals surface area (Å²) in [4.78, 5) is 8.39. The molecule has 0 fully saturated rings. The van der Waals surface area contributed by atoms with Crippen LogP contribution in [0.4, 0.5) is 0 Å². The van der Waals surface area contributed by atoms with Crippen molar-refractivity contribution < 1.29 is 0 Å². The maximum Gasteiger partial charge on any atom is 0.116 e. The van der Waals surface area contributed by atoms with E-state index in [1.54, 1.807) is 6.33 Å². The van der Waals surface area contributed by atoms with Crippen LogP contribution in [0.1, 0.15) is 46.7 Å². The lowest BCUT2D eigenvalue weighted by molar-refractivity contribution is 1.03. The summed E-state index contributed by atoms with van der Waals surface area (Å²) in [6.45, 7) is 10.4. The monoisotopic (exact) mass is 232 g/mol. The molecule has 1 aromatic carbocycles. The Kier molecular flexibility index (Phi) is 8.94. The van der Waals surface area contributed by atoms with Crippen molar-refractivity contribution in [1.29, 1.82) is 0 Å². The van der Waals surface area contributed by atoms with Crippen molar-refractivity contribution in [2.45, 2.75) is 47.5 Å². The van der Waals surface area contributed by atoms with E-state index in [-0.39, 0.29) is 0 Å². The topological polar surface area (TPSA) is 25.8 Å². The van der Waals surface area contributed by atoms with E-state index in [0.717, 1.165) is 17.6 Å². The maximum atomic E-state index is 4.21. The zero-order valence-electron chi connectivity index (χ0n) is 11.7. The quantitative estimate of drug-likeness (QED) is 0.716. The average molecular weight is 232 g/mol. The van der Waals surface area contributed by atoms with Gasteiger partial charge < -0.3 is 0 Å². The number of aromatic nitrogens is 2. The molecular weight excluding hydrogens is 208 g/mol. The Morgan fingerprint density at radius 3 is 2.12 bits per heavy atom. The summed E-state index contributed by atoms with van der Waals surface area (Å²) >= 11 is 0. The maximum absolute atomic E-state index is 4.21. The summed E-state index contributed by atoms with van der Waals surface area (Å²) in [6.07, 6.45) is 3.84. The highest BCUT2D eigenvalue weighted by atomic mass is 14.8. The standard InChI is InChI=1S/C10H10N2.C3H8.C2H6/c1-2-9-8-5-3-4-6-10(8)12-7-11-9;1-3-2;1-2/h3-7H,2H2,1H3;3H2,1-2H3;1-2H3. The van der Waals surface area contributed by atoms with E-state index in [1.807, 2.05) is 32.0 Å². The highest BCUT2D eigenvalue weighted by Crippen LogP contribution is 2.13. The van der Waals surface area contributed by atoms with E-state index in [4.69, 9.17) is 0 Å². The zero-order valence-corrected chi connectivity index (χ0v) is 11.7. The second kappa shape index (κ2) is 9.76. The van der Waals surface area contributed by atoms with Crippen molar-refractivity contribution in [2.24, 2.45) is 0 Å². The van der Waals surface area contributed by atoms with E-state index in [1.165, 1.54) is 11.8 Å². The fourth-order valence-electron chi connectivity index (χ4n) is 1.34. The van der Waals surface area contributed by atoms with Crippen molar-refractivity contribution in [1.82, 2.24) is 9.97 Å². The first-order chi connectivity index (χ1) is 8.33. The van der Waals surface area contributed by atoms with E-state index in [2.05, 4.69) is 36.8 Å². The highest BCUT2D eigenvalue weighted by molar-refractivity contribution is 5.80. The van der Waals surface area contributed by atoms with Gasteiger partial charge in [-0.15, -0.1) is 0 Å². The van der Waals surface area contributed by atoms with E-state index in [0.29, 0.717) is 0 Å². The molecule has 17 heavy (non-hydrogen) atoms. The predicted molar refractivity (Wildman–Crippen MR) is 76.2 cm³/mol. The zero-order chi connectivity index (χ0) is 13.1. The molecule has 2 heteroatoms. The molecule has 0 amide bonds. The van der Waals surface area contributed by atoms with Gasteiger partial charge in [0.25, 0.3) is 0 Å². The molecule has 0 saturated carbocycles. The van der Waals surface area contributed by atoms with Gasteiger partial charge >= 0.3 is 0 Å². The largest absolute Gasteiger partial charge is 0.241 e. The van der Waals surface area contributed by atoms with Crippen LogP contribution in [0.2, 0.25) is 0 Å². The molecule has 1 aromatic heterocycles. The molecule has 0 N–H and O–H groups in total. The van der Waals surface area contributed by atoms with Gasteiger partial charge in [-0.1, -0.05) is 59.2 Å². The number of hydrogen-bond acceptors (Lipinski definition) is 2. The van der Waals surface area contributed by atoms with Gasteiger partial charge in [-0.2, -0.15) is 0 Å². The molecule has 2 nitrogen and oxygen atoms in total. The van der Waals surface area contributed by atoms with Crippen LogP contribution in [0, 0.1) is 0 Å². The number of hydrogen-bond donors (Lipinski definition) is 0. The van der Waals surface area contributed by atoms with Crippen molar-refractivity contribution in [2.75, 3.05) is 0 Å². The number of rotatable bonds is 1. The normalized spacial score (nSPS) is 8.76. The minimum Gasteiger partial charge on any atom is -0.241 e. The predicted octanol–water partition coefficient (Wildman–Crippen LogP) is 4.63. The van der Waals surface area contributed by atoms with Gasteiger partial charge in [0.05, 0.1) is 11.2 Å². The molecular formula is C15H24N2. The number of para-hydroxylation sites is 1. The third-order valence-electron chi connectivity index (χ3n) is 1.96. The molecule has 0 aliphatic carbocycles. The van der Waals surface area contributed by atoms with Crippen LogP contribution in [-0.4, -0.2) is 9.97 Å². The van der Waals surface area contributed by atoms with Crippen molar-refractivity contribution in [3.8, 4) is 0 Å². The fraction of sp³-hybridized carbons (Fsp3) is 0.467. The van der Waals surface area contributed by atoms with Gasteiger partial charge in [-0.05, 0) is 12.5 Å². The molecule has 0 spiro atoms. The number of fused-ring (bicyclic) bond motifs is 1. The summed E-state index contributed by atoms with van der Waals surface area (Å²) in [5.41, 5.74) is 2.16. The third kappa shape index (κ3) is 4.94. The second-order valence-electron chi connectivity index (χ2n) is 3.40. The lowest BCUT2D eigenvalue weighted by Crippen LogP contribution is -1.90. The van der Waals surface area contributed by atoms with Gasteiger partial charge in [0.2, 0.25) is 0 Å². The van der Waals surface area contributed by atoms with E-state index >= 15 is 0 Å². The summed E-state index contributed by atoms with van der Waals surface area (Å²) in [5.74, 6) is 0. The first-order valence-corrected chi connectivity index (χ1v) is 6.52. The van der Waals surface area contributed by atoms with Crippen LogP contribution in [0.15, 0.2) is 30.6 Å². The van der Waals surface area contributed by atoms with Gasteiger partial charge in [-0.3, -0.25) is 0 Å². The first-order valence-electron chi connectivity index (χ1n) is 6.52. The molecule has 0 aliphatic rings. The Labute approximate surface area is 105 Å². The van der Waals surface area contributed by atoms with Crippen LogP contribution >= 0.6 is 0 Å². The molecule has 0 radical (unpaired) electrons. The number of aryl methyl sites for hydroxylation is 1. The first kappa shape index (κ1) is 15.6. The Bertz CT molecular complexity index is 405. The van der Waals surface area contributed by atoms with Crippen molar-refractivity contribution in [3.63, 3.8) is 0 Å². The fourth-order valence-corrected chi connectivity index (χ4v) is 1.34. The molecule has 0 aliphatic heterocycles. The number of benzene rings is 1. The lowest BCUT2D eigenvalue weighted by Gasteiger charge is -2.00. The molecule has 0 atom stereocenters. The van der Waals surface area contributed by atoms with Crippen LogP contribution in [0.5, 0.6) is 0 Å². The lowest BCUT2D eigenvalue weighted by atomic mass is 10.1. The van der Waals surface area contributed by atoms with Gasteiger partial charge in [0, 0.05) is 5.39 Å². The smallest absolute Gasteiger partial charge is 0.116 e. The molecule has 0 bridgehead atoms. The van der Waals surface area contributed by atoms with Crippen LogP contribution in [0.25, 0.3) is 10.9 Å². The SMILES string of the molecule is CC.CCC.CCc1ncnc2ccccc12. The van der Waals surface area contributed by atoms with Crippen LogP contribution < -0.4 is 0 Å². The minimum atomic E-state index is 0.961. The molecule has 0 saturated heterocycles. The molecule has 2 aromatic rings. The third-order valence-corrected chi connectivity index (χ3v) is 1.96. The molecule has 2 rings (SSSR count). The summed E-state index contributed by atoms with van der Waals surface area (Å²) in [6, 6.07) is 8.09. The van der Waals surface area contributed by atoms with Gasteiger partial charge in [0.15, 0.2) is 0 Å². The van der Waals surface area contributed by atoms with Gasteiger partial charge in [0.1, 0.15) is 6.33 Å². The second-order valence-corrected chi connectivity index (χ2v) is 3.40. The van der Waals surface area contributed by atoms with Crippen molar-refractivity contribution >= 4 is 10.9 Å². The average Bonchev–Trinajstić information content (AvgIpc) is 2.41. The highest BCUT2D eigenvalue weighted by Gasteiger charge is 1.98. The Hall–Kier alpha value is -1.44. The summed E-state index contributed by atoms with van der Waals surface area (Å²) in [5, 5.41) is 1.17. The molecule has 1 heterocycles.